The van der Waals surface area contributed by atoms with Gasteiger partial charge in [0.2, 0.25) is 0 Å². The number of carbonyl (C=O) groups is 1. The van der Waals surface area contributed by atoms with Crippen LogP contribution >= 0.6 is 19.4 Å². The number of phosphoric ester groups is 1. The maximum Gasteiger partial charge on any atom is 0.544 e. The standard InChI is InChI=1S/C19H18ClF6N2O7P/c20-13-1-2-16(34-36(32,33)35-28(3-5-29)4-6-30)15(10-13)17(31)27-14-8-11(18(21,22)23)7-12(9-14)19(24,25)26/h1-2,7-10,29-30H,3-6H2,(H,27,31)(H,32,33). The zero-order chi connectivity index (χ0) is 27.3. The molecule has 2 rings (SSSR count). The van der Waals surface area contributed by atoms with E-state index in [1.54, 1.807) is 0 Å². The van der Waals surface area contributed by atoms with E-state index in [1.165, 1.54) is 0 Å². The van der Waals surface area contributed by atoms with Crippen molar-refractivity contribution < 1.29 is 60.0 Å². The average molecular weight is 567 g/mol. The molecule has 0 spiro atoms. The average Bonchev–Trinajstić information content (AvgIpc) is 2.73. The molecule has 17 heteroatoms. The van der Waals surface area contributed by atoms with Gasteiger partial charge in [-0.25, -0.2) is 4.57 Å². The van der Waals surface area contributed by atoms with Gasteiger partial charge in [0.1, 0.15) is 5.75 Å². The lowest BCUT2D eigenvalue weighted by Crippen LogP contribution is -2.29. The molecule has 36 heavy (non-hydrogen) atoms. The van der Waals surface area contributed by atoms with Crippen molar-refractivity contribution in [3.8, 4) is 5.75 Å². The molecule has 0 heterocycles. The van der Waals surface area contributed by atoms with E-state index in [0.717, 1.165) is 18.2 Å². The lowest BCUT2D eigenvalue weighted by atomic mass is 10.1. The number of benzene rings is 2. The summed E-state index contributed by atoms with van der Waals surface area (Å²) in [4.78, 5) is 22.7. The van der Waals surface area contributed by atoms with Gasteiger partial charge in [-0.3, -0.25) is 9.69 Å². The number of hydrogen-bond donors (Lipinski definition) is 4. The number of hydrogen-bond acceptors (Lipinski definition) is 7. The Morgan fingerprint density at radius 2 is 1.50 bits per heavy atom. The van der Waals surface area contributed by atoms with Crippen LogP contribution in [0.4, 0.5) is 32.0 Å². The van der Waals surface area contributed by atoms with Gasteiger partial charge in [-0.1, -0.05) is 11.6 Å². The molecule has 2 aromatic rings. The van der Waals surface area contributed by atoms with Crippen LogP contribution in [0.15, 0.2) is 36.4 Å². The van der Waals surface area contributed by atoms with Gasteiger partial charge in [0.05, 0.1) is 29.9 Å². The Kier molecular flexibility index (Phi) is 9.76. The van der Waals surface area contributed by atoms with Gasteiger partial charge in [-0.05, 0) is 36.4 Å². The first-order valence-corrected chi connectivity index (χ1v) is 11.5. The third-order valence-corrected chi connectivity index (χ3v) is 5.26. The number of amides is 1. The first-order chi connectivity index (χ1) is 16.6. The van der Waals surface area contributed by atoms with Crippen LogP contribution in [0.25, 0.3) is 0 Å². The molecule has 1 amide bonds. The minimum Gasteiger partial charge on any atom is -0.402 e. The van der Waals surface area contributed by atoms with Gasteiger partial charge in [-0.2, -0.15) is 36.0 Å². The highest BCUT2D eigenvalue weighted by Gasteiger charge is 2.37. The number of hydroxylamine groups is 2. The van der Waals surface area contributed by atoms with Crippen LogP contribution < -0.4 is 9.84 Å². The lowest BCUT2D eigenvalue weighted by Gasteiger charge is -2.23. The van der Waals surface area contributed by atoms with E-state index >= 15 is 0 Å². The monoisotopic (exact) mass is 566 g/mol. The highest BCUT2D eigenvalue weighted by Crippen LogP contribution is 2.46. The summed E-state index contributed by atoms with van der Waals surface area (Å²) in [6, 6.07) is 3.31. The molecule has 0 aliphatic heterocycles. The molecule has 0 radical (unpaired) electrons. The smallest absolute Gasteiger partial charge is 0.402 e. The van der Waals surface area contributed by atoms with E-state index in [1.807, 2.05) is 5.32 Å². The molecular weight excluding hydrogens is 549 g/mol. The fourth-order valence-corrected chi connectivity index (χ4v) is 3.76. The summed E-state index contributed by atoms with van der Waals surface area (Å²) in [6.45, 7) is -1.71. The largest absolute Gasteiger partial charge is 0.544 e. The maximum atomic E-state index is 13.1. The number of halogens is 7. The van der Waals surface area contributed by atoms with Crippen molar-refractivity contribution in [1.29, 1.82) is 0 Å². The summed E-state index contributed by atoms with van der Waals surface area (Å²) in [5.41, 5.74) is -4.89. The van der Waals surface area contributed by atoms with E-state index in [-0.39, 0.29) is 36.3 Å². The van der Waals surface area contributed by atoms with E-state index < -0.39 is 67.4 Å². The molecule has 2 aromatic carbocycles. The van der Waals surface area contributed by atoms with Gasteiger partial charge in [0.15, 0.2) is 0 Å². The van der Waals surface area contributed by atoms with Crippen LogP contribution in [0.5, 0.6) is 5.75 Å². The Morgan fingerprint density at radius 1 is 0.972 bits per heavy atom. The Balaban J connectivity index is 2.39. The highest BCUT2D eigenvalue weighted by atomic mass is 35.5. The van der Waals surface area contributed by atoms with E-state index in [4.69, 9.17) is 31.0 Å². The van der Waals surface area contributed by atoms with Crippen molar-refractivity contribution in [2.24, 2.45) is 0 Å². The van der Waals surface area contributed by atoms with E-state index in [2.05, 4.69) is 0 Å². The van der Waals surface area contributed by atoms with Crippen LogP contribution in [0, 0.1) is 0 Å². The number of phosphoric acid groups is 1. The molecular formula is C19H18ClF6N2O7P. The Morgan fingerprint density at radius 3 is 1.97 bits per heavy atom. The maximum absolute atomic E-state index is 13.1. The van der Waals surface area contributed by atoms with Gasteiger partial charge in [0.25, 0.3) is 5.91 Å². The van der Waals surface area contributed by atoms with Crippen LogP contribution in [0.1, 0.15) is 21.5 Å². The van der Waals surface area contributed by atoms with Gasteiger partial charge < -0.3 is 20.1 Å². The van der Waals surface area contributed by atoms with Crippen molar-refractivity contribution in [1.82, 2.24) is 5.06 Å². The Bertz CT molecular complexity index is 1090. The molecule has 1 atom stereocenters. The van der Waals surface area contributed by atoms with Crippen LogP contribution in [0.3, 0.4) is 0 Å². The topological polar surface area (TPSA) is 129 Å². The summed E-state index contributed by atoms with van der Waals surface area (Å²) in [7, 11) is -5.07. The molecule has 200 valence electrons. The number of nitrogens with one attached hydrogen (secondary N) is 1. The Labute approximate surface area is 204 Å². The second-order valence-corrected chi connectivity index (χ2v) is 8.63. The second-order valence-electron chi connectivity index (χ2n) is 6.91. The number of alkyl halides is 6. The minimum absolute atomic E-state index is 0.131. The zero-order valence-corrected chi connectivity index (χ0v) is 19.5. The quantitative estimate of drug-likeness (QED) is 0.190. The first kappa shape index (κ1) is 29.8. The number of nitrogens with zero attached hydrogens (tertiary/aromatic N) is 1. The molecule has 0 aliphatic rings. The SMILES string of the molecule is O=C(Nc1cc(C(F)(F)F)cc(C(F)(F)F)c1)c1cc(Cl)ccc1OP(=O)(O)ON(CCO)CCO. The third kappa shape index (κ3) is 8.62. The fourth-order valence-electron chi connectivity index (χ4n) is 2.69. The zero-order valence-electron chi connectivity index (χ0n) is 17.8. The van der Waals surface area contributed by atoms with Gasteiger partial charge >= 0.3 is 20.2 Å². The normalized spacial score (nSPS) is 14.0. The third-order valence-electron chi connectivity index (χ3n) is 4.16. The molecule has 0 saturated carbocycles. The van der Waals surface area contributed by atoms with E-state index in [9.17, 15) is 40.6 Å². The van der Waals surface area contributed by atoms with Crippen molar-refractivity contribution in [2.45, 2.75) is 12.4 Å². The molecule has 0 aliphatic carbocycles. The van der Waals surface area contributed by atoms with E-state index in [0.29, 0.717) is 5.06 Å². The van der Waals surface area contributed by atoms with Crippen LogP contribution in [-0.4, -0.2) is 52.4 Å². The molecule has 4 N–H and O–H groups in total. The lowest BCUT2D eigenvalue weighted by molar-refractivity contribution is -0.143. The van der Waals surface area contributed by atoms with Crippen LogP contribution in [0.2, 0.25) is 5.02 Å². The van der Waals surface area contributed by atoms with Gasteiger partial charge in [0, 0.05) is 23.8 Å². The number of rotatable bonds is 10. The van der Waals surface area contributed by atoms with Crippen LogP contribution in [-0.2, 0) is 21.5 Å². The number of aliphatic hydroxyl groups excluding tert-OH is 2. The summed E-state index contributed by atoms with van der Waals surface area (Å²) in [5, 5.41) is 20.3. The van der Waals surface area contributed by atoms with Crippen molar-refractivity contribution >= 4 is 31.0 Å². The van der Waals surface area contributed by atoms with Gasteiger partial charge in [-0.15, -0.1) is 0 Å². The van der Waals surface area contributed by atoms with Crippen molar-refractivity contribution in [3.63, 3.8) is 0 Å². The highest BCUT2D eigenvalue weighted by molar-refractivity contribution is 7.47. The molecule has 1 unspecified atom stereocenters. The summed E-state index contributed by atoms with van der Waals surface area (Å²) in [6.07, 6.45) is -10.3. The second kappa shape index (κ2) is 11.8. The van der Waals surface area contributed by atoms with Crippen molar-refractivity contribution in [2.75, 3.05) is 31.6 Å². The fraction of sp³-hybridized carbons (Fsp3) is 0.316. The Hall–Kier alpha value is -2.39. The molecule has 0 fully saturated rings. The molecule has 0 aromatic heterocycles. The predicted octanol–water partition coefficient (Wildman–Crippen LogP) is 4.33. The molecule has 9 nitrogen and oxygen atoms in total. The predicted molar refractivity (Wildman–Crippen MR) is 113 cm³/mol. The first-order valence-electron chi connectivity index (χ1n) is 9.65. The number of anilines is 1. The molecule has 0 bridgehead atoms. The summed E-state index contributed by atoms with van der Waals surface area (Å²) in [5.74, 6) is -2.00. The number of carbonyl (C=O) groups excluding carboxylic acids is 1. The molecule has 0 saturated heterocycles. The summed E-state index contributed by atoms with van der Waals surface area (Å²) < 4.78 is 100. The number of aliphatic hydroxyl groups is 2. The minimum atomic E-state index is -5.17. The van der Waals surface area contributed by atoms with Crippen molar-refractivity contribution in [3.05, 3.63) is 58.1 Å². The summed E-state index contributed by atoms with van der Waals surface area (Å²) >= 11 is 5.81.